The monoisotopic (exact) mass is 416 g/mol. The van der Waals surface area contributed by atoms with Crippen molar-refractivity contribution in [1.29, 1.82) is 0 Å². The molecule has 0 bridgehead atoms. The highest BCUT2D eigenvalue weighted by atomic mass is 19.3. The van der Waals surface area contributed by atoms with Crippen LogP contribution in [0.1, 0.15) is 33.6 Å². The Bertz CT molecular complexity index is 952. The third-order valence-electron chi connectivity index (χ3n) is 5.45. The number of benzene rings is 2. The SMILES string of the molecule is COC(=O)c1ccc(N2CCOc3cc(C(=O)N4CCC(F)(F)CC4)ccc32)cc1. The summed E-state index contributed by atoms with van der Waals surface area (Å²) in [5, 5.41) is 0. The van der Waals surface area contributed by atoms with E-state index in [0.29, 0.717) is 30.0 Å². The van der Waals surface area contributed by atoms with Gasteiger partial charge in [-0.3, -0.25) is 4.79 Å². The molecule has 0 aliphatic carbocycles. The van der Waals surface area contributed by atoms with Gasteiger partial charge in [0, 0.05) is 37.2 Å². The van der Waals surface area contributed by atoms with Crippen molar-refractivity contribution in [3.05, 3.63) is 53.6 Å². The Kier molecular flexibility index (Phi) is 5.32. The topological polar surface area (TPSA) is 59.1 Å². The van der Waals surface area contributed by atoms with Gasteiger partial charge in [0.1, 0.15) is 12.4 Å². The number of rotatable bonds is 3. The quantitative estimate of drug-likeness (QED) is 0.711. The van der Waals surface area contributed by atoms with E-state index in [0.717, 1.165) is 11.4 Å². The normalized spacial score (nSPS) is 17.7. The molecule has 8 heteroatoms. The zero-order chi connectivity index (χ0) is 21.3. The molecule has 158 valence electrons. The number of halogens is 2. The van der Waals surface area contributed by atoms with Crippen molar-refractivity contribution < 1.29 is 27.8 Å². The third kappa shape index (κ3) is 3.94. The number of ether oxygens (including phenoxy) is 2. The van der Waals surface area contributed by atoms with E-state index in [9.17, 15) is 18.4 Å². The zero-order valence-electron chi connectivity index (χ0n) is 16.6. The molecule has 2 aliphatic heterocycles. The fourth-order valence-corrected chi connectivity index (χ4v) is 3.74. The summed E-state index contributed by atoms with van der Waals surface area (Å²) in [5.74, 6) is -2.80. The summed E-state index contributed by atoms with van der Waals surface area (Å²) in [7, 11) is 1.34. The number of alkyl halides is 2. The van der Waals surface area contributed by atoms with Crippen LogP contribution in [0.2, 0.25) is 0 Å². The van der Waals surface area contributed by atoms with Crippen molar-refractivity contribution in [3.63, 3.8) is 0 Å². The van der Waals surface area contributed by atoms with Crippen molar-refractivity contribution in [2.75, 3.05) is 38.3 Å². The van der Waals surface area contributed by atoms with E-state index in [1.54, 1.807) is 30.3 Å². The second-order valence-corrected chi connectivity index (χ2v) is 7.37. The van der Waals surface area contributed by atoms with Crippen LogP contribution in [0.25, 0.3) is 0 Å². The number of nitrogens with zero attached hydrogens (tertiary/aromatic N) is 2. The van der Waals surface area contributed by atoms with E-state index in [2.05, 4.69) is 0 Å². The van der Waals surface area contributed by atoms with Crippen LogP contribution in [0.3, 0.4) is 0 Å². The van der Waals surface area contributed by atoms with Crippen LogP contribution in [0.4, 0.5) is 20.2 Å². The van der Waals surface area contributed by atoms with E-state index in [4.69, 9.17) is 9.47 Å². The molecule has 2 heterocycles. The lowest BCUT2D eigenvalue weighted by Crippen LogP contribution is -2.42. The van der Waals surface area contributed by atoms with Gasteiger partial charge in [-0.05, 0) is 42.5 Å². The number of carbonyl (C=O) groups excluding carboxylic acids is 2. The molecule has 1 amide bonds. The van der Waals surface area contributed by atoms with Crippen molar-refractivity contribution in [3.8, 4) is 5.75 Å². The first-order valence-corrected chi connectivity index (χ1v) is 9.78. The maximum atomic E-state index is 13.4. The summed E-state index contributed by atoms with van der Waals surface area (Å²) in [6.45, 7) is 1.13. The summed E-state index contributed by atoms with van der Waals surface area (Å²) < 4.78 is 37.2. The lowest BCUT2D eigenvalue weighted by molar-refractivity contribution is -0.0494. The van der Waals surface area contributed by atoms with Gasteiger partial charge >= 0.3 is 5.97 Å². The Balaban J connectivity index is 1.54. The maximum absolute atomic E-state index is 13.4. The molecule has 0 radical (unpaired) electrons. The molecule has 1 fully saturated rings. The van der Waals surface area contributed by atoms with E-state index >= 15 is 0 Å². The van der Waals surface area contributed by atoms with E-state index in [1.807, 2.05) is 17.0 Å². The van der Waals surface area contributed by atoms with Crippen molar-refractivity contribution in [1.82, 2.24) is 4.90 Å². The Morgan fingerprint density at radius 2 is 1.67 bits per heavy atom. The predicted molar refractivity (Wildman–Crippen MR) is 107 cm³/mol. The number of esters is 1. The molecule has 1 saturated heterocycles. The van der Waals surface area contributed by atoms with Gasteiger partial charge in [-0.1, -0.05) is 0 Å². The molecule has 0 aromatic heterocycles. The Labute approximate surface area is 173 Å². The number of anilines is 2. The molecule has 2 aromatic rings. The standard InChI is InChI=1S/C22H22F2N2O4/c1-29-21(28)15-2-5-17(6-3-15)26-12-13-30-19-14-16(4-7-18(19)26)20(27)25-10-8-22(23,24)9-11-25/h2-7,14H,8-13H2,1H3. The molecule has 30 heavy (non-hydrogen) atoms. The van der Waals surface area contributed by atoms with Crippen LogP contribution in [-0.2, 0) is 4.74 Å². The number of hydrogen-bond acceptors (Lipinski definition) is 5. The predicted octanol–water partition coefficient (Wildman–Crippen LogP) is 3.88. The van der Waals surface area contributed by atoms with Crippen LogP contribution in [-0.4, -0.2) is 56.0 Å². The van der Waals surface area contributed by atoms with Gasteiger partial charge in [-0.25, -0.2) is 13.6 Å². The third-order valence-corrected chi connectivity index (χ3v) is 5.45. The summed E-state index contributed by atoms with van der Waals surface area (Å²) in [6, 6.07) is 12.2. The van der Waals surface area contributed by atoms with Gasteiger partial charge in [0.15, 0.2) is 0 Å². The van der Waals surface area contributed by atoms with Crippen molar-refractivity contribution in [2.24, 2.45) is 0 Å². The zero-order valence-corrected chi connectivity index (χ0v) is 16.6. The van der Waals surface area contributed by atoms with Crippen LogP contribution in [0.5, 0.6) is 5.75 Å². The number of amides is 1. The molecular formula is C22H22F2N2O4. The first-order valence-electron chi connectivity index (χ1n) is 9.78. The first kappa shape index (κ1) is 20.1. The summed E-state index contributed by atoms with van der Waals surface area (Å²) in [6.07, 6.45) is -0.620. The first-order chi connectivity index (χ1) is 14.4. The van der Waals surface area contributed by atoms with Crippen LogP contribution in [0.15, 0.2) is 42.5 Å². The van der Waals surface area contributed by atoms with Gasteiger partial charge < -0.3 is 19.3 Å². The average molecular weight is 416 g/mol. The van der Waals surface area contributed by atoms with Crippen LogP contribution >= 0.6 is 0 Å². The number of hydrogen-bond donors (Lipinski definition) is 0. The average Bonchev–Trinajstić information content (AvgIpc) is 2.77. The smallest absolute Gasteiger partial charge is 0.337 e. The molecule has 4 rings (SSSR count). The molecule has 0 atom stereocenters. The minimum Gasteiger partial charge on any atom is -0.490 e. The maximum Gasteiger partial charge on any atom is 0.337 e. The van der Waals surface area contributed by atoms with E-state index in [1.165, 1.54) is 12.0 Å². The second-order valence-electron chi connectivity index (χ2n) is 7.37. The lowest BCUT2D eigenvalue weighted by atomic mass is 10.0. The molecule has 6 nitrogen and oxygen atoms in total. The summed E-state index contributed by atoms with van der Waals surface area (Å²) in [5.41, 5.74) is 2.56. The summed E-state index contributed by atoms with van der Waals surface area (Å²) in [4.78, 5) is 27.9. The van der Waals surface area contributed by atoms with Gasteiger partial charge in [0.25, 0.3) is 11.8 Å². The van der Waals surface area contributed by atoms with E-state index in [-0.39, 0.29) is 31.8 Å². The lowest BCUT2D eigenvalue weighted by Gasteiger charge is -2.33. The molecule has 0 N–H and O–H groups in total. The highest BCUT2D eigenvalue weighted by Gasteiger charge is 2.36. The molecule has 2 aromatic carbocycles. The highest BCUT2D eigenvalue weighted by Crippen LogP contribution is 2.38. The fraction of sp³-hybridized carbons (Fsp3) is 0.364. The summed E-state index contributed by atoms with van der Waals surface area (Å²) >= 11 is 0. The molecule has 0 saturated carbocycles. The molecular weight excluding hydrogens is 394 g/mol. The minimum absolute atomic E-state index is 0.0441. The molecule has 0 spiro atoms. The largest absolute Gasteiger partial charge is 0.490 e. The van der Waals surface area contributed by atoms with Crippen LogP contribution in [0, 0.1) is 0 Å². The van der Waals surface area contributed by atoms with Gasteiger partial charge in [0.2, 0.25) is 0 Å². The minimum atomic E-state index is -2.69. The van der Waals surface area contributed by atoms with Gasteiger partial charge in [0.05, 0.1) is 24.9 Å². The number of likely N-dealkylation sites (tertiary alicyclic amines) is 1. The Morgan fingerprint density at radius 3 is 2.33 bits per heavy atom. The van der Waals surface area contributed by atoms with Crippen LogP contribution < -0.4 is 9.64 Å². The fourth-order valence-electron chi connectivity index (χ4n) is 3.74. The van der Waals surface area contributed by atoms with Crippen molar-refractivity contribution in [2.45, 2.75) is 18.8 Å². The molecule has 2 aliphatic rings. The number of methoxy groups -OCH3 is 1. The Morgan fingerprint density at radius 1 is 1.00 bits per heavy atom. The van der Waals surface area contributed by atoms with Gasteiger partial charge in [-0.2, -0.15) is 0 Å². The van der Waals surface area contributed by atoms with E-state index < -0.39 is 11.9 Å². The van der Waals surface area contributed by atoms with Crippen molar-refractivity contribution >= 4 is 23.3 Å². The number of fused-ring (bicyclic) bond motifs is 1. The second kappa shape index (κ2) is 7.93. The number of piperidine rings is 1. The highest BCUT2D eigenvalue weighted by molar-refractivity contribution is 5.96. The Hall–Kier alpha value is -3.16. The molecule has 0 unspecified atom stereocenters. The number of carbonyl (C=O) groups is 2. The van der Waals surface area contributed by atoms with Gasteiger partial charge in [-0.15, -0.1) is 0 Å².